The van der Waals surface area contributed by atoms with Crippen LogP contribution in [0.15, 0.2) is 71.2 Å². The fraction of sp³-hybridized carbons (Fsp3) is 0.355. The molecule has 0 aliphatic rings. The predicted octanol–water partition coefficient (Wildman–Crippen LogP) is 7.81. The van der Waals surface area contributed by atoms with E-state index in [9.17, 15) is 9.59 Å². The van der Waals surface area contributed by atoms with Crippen molar-refractivity contribution in [3.63, 3.8) is 0 Å². The van der Waals surface area contributed by atoms with Crippen LogP contribution in [0, 0.1) is 0 Å². The van der Waals surface area contributed by atoms with Crippen molar-refractivity contribution in [1.29, 1.82) is 0 Å². The van der Waals surface area contributed by atoms with E-state index in [4.69, 9.17) is 27.9 Å². The fourth-order valence-corrected chi connectivity index (χ4v) is 5.10. The summed E-state index contributed by atoms with van der Waals surface area (Å²) in [6, 6.07) is 19.8. The molecule has 3 aromatic rings. The highest BCUT2D eigenvalue weighted by Crippen LogP contribution is 2.30. The van der Waals surface area contributed by atoms with Gasteiger partial charge in [-0.05, 0) is 78.0 Å². The van der Waals surface area contributed by atoms with Crippen LogP contribution in [0.5, 0.6) is 5.75 Å². The highest BCUT2D eigenvalue weighted by atomic mass is 79.9. The molecule has 5 nitrogen and oxygen atoms in total. The average Bonchev–Trinajstić information content (AvgIpc) is 2.86. The van der Waals surface area contributed by atoms with Gasteiger partial charge in [-0.2, -0.15) is 0 Å². The maximum atomic E-state index is 13.9. The molecular formula is C31H35BrCl2N2O3. The van der Waals surface area contributed by atoms with Crippen LogP contribution >= 0.6 is 39.1 Å². The quantitative estimate of drug-likeness (QED) is 0.248. The van der Waals surface area contributed by atoms with Gasteiger partial charge in [-0.1, -0.05) is 79.5 Å². The largest absolute Gasteiger partial charge is 0.483 e. The van der Waals surface area contributed by atoms with Crippen LogP contribution in [0.4, 0.5) is 0 Å². The van der Waals surface area contributed by atoms with Gasteiger partial charge >= 0.3 is 0 Å². The molecule has 0 bridgehead atoms. The monoisotopic (exact) mass is 632 g/mol. The Kier molecular flexibility index (Phi) is 10.9. The first-order valence-electron chi connectivity index (χ1n) is 12.9. The molecule has 0 spiro atoms. The number of ether oxygens (including phenoxy) is 1. The smallest absolute Gasteiger partial charge is 0.261 e. The first kappa shape index (κ1) is 31.0. The minimum absolute atomic E-state index is 0.0449. The summed E-state index contributed by atoms with van der Waals surface area (Å²) >= 11 is 16.6. The molecule has 0 aliphatic carbocycles. The highest BCUT2D eigenvalue weighted by Gasteiger charge is 2.33. The zero-order valence-electron chi connectivity index (χ0n) is 22.9. The van der Waals surface area contributed by atoms with E-state index >= 15 is 0 Å². The van der Waals surface area contributed by atoms with Gasteiger partial charge in [0.05, 0.1) is 4.47 Å². The Labute approximate surface area is 250 Å². The van der Waals surface area contributed by atoms with E-state index in [1.54, 1.807) is 18.2 Å². The van der Waals surface area contributed by atoms with Crippen LogP contribution in [0.1, 0.15) is 57.2 Å². The van der Waals surface area contributed by atoms with Gasteiger partial charge in [-0.15, -0.1) is 0 Å². The van der Waals surface area contributed by atoms with E-state index in [0.29, 0.717) is 33.7 Å². The molecule has 2 amide bonds. The number of rotatable bonds is 10. The van der Waals surface area contributed by atoms with Crippen molar-refractivity contribution in [1.82, 2.24) is 10.2 Å². The third-order valence-electron chi connectivity index (χ3n) is 6.13. The lowest BCUT2D eigenvalue weighted by atomic mass is 10.0. The summed E-state index contributed by atoms with van der Waals surface area (Å²) in [5.74, 6) is 0.260. The van der Waals surface area contributed by atoms with Gasteiger partial charge < -0.3 is 15.0 Å². The van der Waals surface area contributed by atoms with Crippen molar-refractivity contribution in [2.24, 2.45) is 0 Å². The molecule has 0 radical (unpaired) electrons. The number of nitrogens with one attached hydrogen (secondary N) is 1. The normalized spacial score (nSPS) is 12.2. The molecule has 3 rings (SSSR count). The van der Waals surface area contributed by atoms with Crippen LogP contribution in [0.3, 0.4) is 0 Å². The standard InChI is InChI=1S/C31H35BrCl2N2O3/c1-20(2)22-14-15-28(24(32)17-22)39-19-29(37)36(18-23-25(33)12-9-13-26(23)34)27(30(38)35-31(3,4)5)16-21-10-7-6-8-11-21/h6-15,17,20,27H,16,18-19H2,1-5H3,(H,35,38)/t27-/m0/s1. The van der Waals surface area contributed by atoms with Crippen molar-refractivity contribution in [2.45, 2.75) is 65.1 Å². The molecule has 0 unspecified atom stereocenters. The third-order valence-corrected chi connectivity index (χ3v) is 7.46. The summed E-state index contributed by atoms with van der Waals surface area (Å²) < 4.78 is 6.72. The summed E-state index contributed by atoms with van der Waals surface area (Å²) in [5.41, 5.74) is 2.14. The highest BCUT2D eigenvalue weighted by molar-refractivity contribution is 9.10. The molecule has 1 atom stereocenters. The lowest BCUT2D eigenvalue weighted by Crippen LogP contribution is -2.55. The van der Waals surface area contributed by atoms with E-state index in [-0.39, 0.29) is 25.0 Å². The van der Waals surface area contributed by atoms with Crippen LogP contribution in [0.25, 0.3) is 0 Å². The number of amides is 2. The Bertz CT molecular complexity index is 1270. The van der Waals surface area contributed by atoms with Crippen LogP contribution in [-0.2, 0) is 22.6 Å². The number of carbonyl (C=O) groups is 2. The molecule has 0 aliphatic heterocycles. The fourth-order valence-electron chi connectivity index (χ4n) is 4.08. The lowest BCUT2D eigenvalue weighted by molar-refractivity contribution is -0.143. The van der Waals surface area contributed by atoms with E-state index < -0.39 is 11.6 Å². The van der Waals surface area contributed by atoms with Gasteiger partial charge in [0.25, 0.3) is 5.91 Å². The molecule has 8 heteroatoms. The summed E-state index contributed by atoms with van der Waals surface area (Å²) in [7, 11) is 0. The average molecular weight is 634 g/mol. The second-order valence-corrected chi connectivity index (χ2v) is 12.5. The number of hydrogen-bond acceptors (Lipinski definition) is 3. The maximum Gasteiger partial charge on any atom is 0.261 e. The summed E-state index contributed by atoms with van der Waals surface area (Å²) in [6.07, 6.45) is 0.309. The summed E-state index contributed by atoms with van der Waals surface area (Å²) in [6.45, 7) is 9.71. The van der Waals surface area contributed by atoms with E-state index in [1.807, 2.05) is 69.3 Å². The molecule has 208 valence electrons. The van der Waals surface area contributed by atoms with Crippen LogP contribution < -0.4 is 10.1 Å². The minimum atomic E-state index is -0.832. The van der Waals surface area contributed by atoms with Gasteiger partial charge in [-0.3, -0.25) is 9.59 Å². The van der Waals surface area contributed by atoms with E-state index in [0.717, 1.165) is 15.6 Å². The zero-order valence-corrected chi connectivity index (χ0v) is 26.0. The Hall–Kier alpha value is -2.54. The molecule has 0 fully saturated rings. The Morgan fingerprint density at radius 1 is 0.974 bits per heavy atom. The lowest BCUT2D eigenvalue weighted by Gasteiger charge is -2.34. The second-order valence-electron chi connectivity index (χ2n) is 10.8. The van der Waals surface area contributed by atoms with Gasteiger partial charge in [0.2, 0.25) is 5.91 Å². The van der Waals surface area contributed by atoms with Gasteiger partial charge in [0.15, 0.2) is 6.61 Å². The zero-order chi connectivity index (χ0) is 28.7. The van der Waals surface area contributed by atoms with Crippen LogP contribution in [-0.4, -0.2) is 34.9 Å². The summed E-state index contributed by atoms with van der Waals surface area (Å²) in [4.78, 5) is 29.0. The molecule has 1 N–H and O–H groups in total. The van der Waals surface area contributed by atoms with Crippen LogP contribution in [0.2, 0.25) is 10.0 Å². The van der Waals surface area contributed by atoms with E-state index in [1.165, 1.54) is 4.90 Å². The van der Waals surface area contributed by atoms with Gasteiger partial charge in [-0.25, -0.2) is 0 Å². The van der Waals surface area contributed by atoms with Crippen molar-refractivity contribution < 1.29 is 14.3 Å². The molecule has 0 aromatic heterocycles. The number of halogens is 3. The third kappa shape index (κ3) is 8.99. The van der Waals surface area contributed by atoms with Crippen molar-refractivity contribution in [2.75, 3.05) is 6.61 Å². The van der Waals surface area contributed by atoms with Gasteiger partial charge in [0.1, 0.15) is 11.8 Å². The Morgan fingerprint density at radius 3 is 2.18 bits per heavy atom. The first-order chi connectivity index (χ1) is 18.4. The van der Waals surface area contributed by atoms with Gasteiger partial charge in [0, 0.05) is 34.1 Å². The number of nitrogens with zero attached hydrogens (tertiary/aromatic N) is 1. The Morgan fingerprint density at radius 2 is 1.62 bits per heavy atom. The first-order valence-corrected chi connectivity index (χ1v) is 14.4. The molecule has 0 saturated carbocycles. The minimum Gasteiger partial charge on any atom is -0.483 e. The molecule has 0 saturated heterocycles. The van der Waals surface area contributed by atoms with Crippen molar-refractivity contribution in [3.05, 3.63) is 97.9 Å². The number of hydrogen-bond donors (Lipinski definition) is 1. The van der Waals surface area contributed by atoms with Crippen molar-refractivity contribution >= 4 is 50.9 Å². The van der Waals surface area contributed by atoms with Crippen molar-refractivity contribution in [3.8, 4) is 5.75 Å². The second kappa shape index (κ2) is 13.7. The predicted molar refractivity (Wildman–Crippen MR) is 163 cm³/mol. The SMILES string of the molecule is CC(C)c1ccc(OCC(=O)N(Cc2c(Cl)cccc2Cl)[C@@H](Cc2ccccc2)C(=O)NC(C)(C)C)c(Br)c1. The van der Waals surface area contributed by atoms with E-state index in [2.05, 4.69) is 35.1 Å². The number of carbonyl (C=O) groups excluding carboxylic acids is 2. The number of benzene rings is 3. The molecular weight excluding hydrogens is 599 g/mol. The summed E-state index contributed by atoms with van der Waals surface area (Å²) in [5, 5.41) is 3.88. The maximum absolute atomic E-state index is 13.9. The molecule has 3 aromatic carbocycles. The molecule has 39 heavy (non-hydrogen) atoms. The Balaban J connectivity index is 1.98. The topological polar surface area (TPSA) is 58.6 Å². The molecule has 0 heterocycles.